The fourth-order valence-corrected chi connectivity index (χ4v) is 5.20. The number of rotatable bonds is 4. The van der Waals surface area contributed by atoms with Gasteiger partial charge in [-0.2, -0.15) is 0 Å². The van der Waals surface area contributed by atoms with Gasteiger partial charge in [0.15, 0.2) is 9.84 Å². The SMILES string of the molecule is O=S(=O)(c1ccc(Cl)cc1)[C@@H]1[C@H](CO)[C@H]1c1ccccc1. The quantitative estimate of drug-likeness (QED) is 0.941. The summed E-state index contributed by atoms with van der Waals surface area (Å²) in [4.78, 5) is 0.258. The van der Waals surface area contributed by atoms with E-state index in [1.165, 1.54) is 12.1 Å². The molecule has 1 aliphatic carbocycles. The highest BCUT2D eigenvalue weighted by Crippen LogP contribution is 2.53. The summed E-state index contributed by atoms with van der Waals surface area (Å²) >= 11 is 5.80. The standard InChI is InChI=1S/C16H15ClO3S/c17-12-6-8-13(9-7-12)21(19,20)16-14(10-18)15(16)11-4-2-1-3-5-11/h1-9,14-16,18H,10H2/t14-,15-,16-/m1/s1. The monoisotopic (exact) mass is 322 g/mol. The fraction of sp³-hybridized carbons (Fsp3) is 0.250. The minimum absolute atomic E-state index is 0.128. The van der Waals surface area contributed by atoms with Crippen molar-refractivity contribution in [1.29, 1.82) is 0 Å². The molecule has 21 heavy (non-hydrogen) atoms. The highest BCUT2D eigenvalue weighted by Gasteiger charge is 2.58. The maximum Gasteiger partial charge on any atom is 0.182 e. The zero-order valence-electron chi connectivity index (χ0n) is 11.2. The summed E-state index contributed by atoms with van der Waals surface area (Å²) in [6.45, 7) is -0.128. The van der Waals surface area contributed by atoms with Crippen LogP contribution in [0.2, 0.25) is 5.02 Å². The molecule has 0 spiro atoms. The molecule has 0 bridgehead atoms. The Balaban J connectivity index is 1.94. The smallest absolute Gasteiger partial charge is 0.182 e. The molecule has 5 heteroatoms. The van der Waals surface area contributed by atoms with Crippen LogP contribution in [0.25, 0.3) is 0 Å². The third-order valence-electron chi connectivity index (χ3n) is 3.99. The van der Waals surface area contributed by atoms with Crippen LogP contribution in [0.4, 0.5) is 0 Å². The van der Waals surface area contributed by atoms with Crippen LogP contribution in [0.5, 0.6) is 0 Å². The van der Waals surface area contributed by atoms with E-state index in [9.17, 15) is 13.5 Å². The van der Waals surface area contributed by atoms with Crippen molar-refractivity contribution in [2.24, 2.45) is 5.92 Å². The van der Waals surface area contributed by atoms with Crippen molar-refractivity contribution in [2.45, 2.75) is 16.1 Å². The lowest BCUT2D eigenvalue weighted by molar-refractivity contribution is 0.274. The van der Waals surface area contributed by atoms with Gasteiger partial charge in [0.2, 0.25) is 0 Å². The molecule has 0 radical (unpaired) electrons. The predicted molar refractivity (Wildman–Crippen MR) is 82.2 cm³/mol. The van der Waals surface area contributed by atoms with Crippen molar-refractivity contribution in [3.05, 3.63) is 65.2 Å². The first-order chi connectivity index (χ1) is 10.1. The molecule has 1 N–H and O–H groups in total. The Morgan fingerprint density at radius 2 is 1.62 bits per heavy atom. The molecule has 3 atom stereocenters. The van der Waals surface area contributed by atoms with E-state index < -0.39 is 15.1 Å². The third kappa shape index (κ3) is 2.59. The van der Waals surface area contributed by atoms with Gasteiger partial charge in [-0.15, -0.1) is 0 Å². The van der Waals surface area contributed by atoms with E-state index in [1.54, 1.807) is 12.1 Å². The normalized spacial score (nSPS) is 24.8. The van der Waals surface area contributed by atoms with Gasteiger partial charge in [-0.3, -0.25) is 0 Å². The topological polar surface area (TPSA) is 54.4 Å². The highest BCUT2D eigenvalue weighted by atomic mass is 35.5. The second-order valence-electron chi connectivity index (χ2n) is 5.25. The summed E-state index contributed by atoms with van der Waals surface area (Å²) in [5.74, 6) is -0.384. The molecule has 1 aliphatic rings. The molecular weight excluding hydrogens is 308 g/mol. The molecule has 0 unspecified atom stereocenters. The highest BCUT2D eigenvalue weighted by molar-refractivity contribution is 7.92. The molecule has 3 nitrogen and oxygen atoms in total. The van der Waals surface area contributed by atoms with Gasteiger partial charge >= 0.3 is 0 Å². The summed E-state index contributed by atoms with van der Waals surface area (Å²) in [7, 11) is -3.46. The van der Waals surface area contributed by atoms with Gasteiger partial charge in [-0.05, 0) is 29.8 Å². The van der Waals surface area contributed by atoms with Gasteiger partial charge in [-0.1, -0.05) is 41.9 Å². The van der Waals surface area contributed by atoms with Crippen molar-refractivity contribution in [1.82, 2.24) is 0 Å². The maximum absolute atomic E-state index is 12.7. The summed E-state index contributed by atoms with van der Waals surface area (Å²) in [5, 5.41) is 9.42. The maximum atomic E-state index is 12.7. The van der Waals surface area contributed by atoms with E-state index in [1.807, 2.05) is 30.3 Å². The van der Waals surface area contributed by atoms with Crippen molar-refractivity contribution < 1.29 is 13.5 Å². The van der Waals surface area contributed by atoms with Gasteiger partial charge in [0.25, 0.3) is 0 Å². The van der Waals surface area contributed by atoms with Crippen molar-refractivity contribution in [3.8, 4) is 0 Å². The lowest BCUT2D eigenvalue weighted by atomic mass is 10.1. The fourth-order valence-electron chi connectivity index (χ4n) is 2.88. The van der Waals surface area contributed by atoms with Crippen LogP contribution in [0.1, 0.15) is 11.5 Å². The molecule has 1 saturated carbocycles. The molecule has 2 aromatic rings. The molecule has 0 aromatic heterocycles. The first kappa shape index (κ1) is 14.6. The average molecular weight is 323 g/mol. The number of aliphatic hydroxyl groups is 1. The minimum Gasteiger partial charge on any atom is -0.396 e. The zero-order valence-corrected chi connectivity index (χ0v) is 12.8. The summed E-state index contributed by atoms with van der Waals surface area (Å²) < 4.78 is 25.4. The summed E-state index contributed by atoms with van der Waals surface area (Å²) in [5.41, 5.74) is 0.957. The number of halogens is 1. The molecule has 3 rings (SSSR count). The Hall–Kier alpha value is -1.36. The Morgan fingerprint density at radius 3 is 2.19 bits per heavy atom. The van der Waals surface area contributed by atoms with Crippen LogP contribution >= 0.6 is 11.6 Å². The number of aliphatic hydroxyl groups excluding tert-OH is 1. The predicted octanol–water partition coefficient (Wildman–Crippen LogP) is 2.89. The van der Waals surface area contributed by atoms with Crippen LogP contribution in [0.15, 0.2) is 59.5 Å². The zero-order chi connectivity index (χ0) is 15.0. The first-order valence-corrected chi connectivity index (χ1v) is 8.63. The number of hydrogen-bond acceptors (Lipinski definition) is 3. The Morgan fingerprint density at radius 1 is 1.00 bits per heavy atom. The van der Waals surface area contributed by atoms with E-state index in [2.05, 4.69) is 0 Å². The van der Waals surface area contributed by atoms with E-state index in [4.69, 9.17) is 11.6 Å². The largest absolute Gasteiger partial charge is 0.396 e. The Bertz CT molecular complexity index is 726. The summed E-state index contributed by atoms with van der Waals surface area (Å²) in [6.07, 6.45) is 0. The van der Waals surface area contributed by atoms with Gasteiger partial charge in [0.05, 0.1) is 10.1 Å². The van der Waals surface area contributed by atoms with Crippen LogP contribution in [0.3, 0.4) is 0 Å². The molecular formula is C16H15ClO3S. The van der Waals surface area contributed by atoms with Crippen LogP contribution in [-0.2, 0) is 9.84 Å². The molecule has 1 fully saturated rings. The number of hydrogen-bond donors (Lipinski definition) is 1. The van der Waals surface area contributed by atoms with Crippen LogP contribution in [-0.4, -0.2) is 25.4 Å². The molecule has 0 saturated heterocycles. The third-order valence-corrected chi connectivity index (χ3v) is 6.53. The van der Waals surface area contributed by atoms with Crippen LogP contribution < -0.4 is 0 Å². The second kappa shape index (κ2) is 5.44. The van der Waals surface area contributed by atoms with Crippen molar-refractivity contribution in [3.63, 3.8) is 0 Å². The second-order valence-corrected chi connectivity index (χ2v) is 7.79. The number of sulfone groups is 1. The van der Waals surface area contributed by atoms with E-state index in [0.29, 0.717) is 5.02 Å². The molecule has 0 heterocycles. The minimum atomic E-state index is -3.46. The molecule has 2 aromatic carbocycles. The van der Waals surface area contributed by atoms with Gasteiger partial charge in [-0.25, -0.2) is 8.42 Å². The first-order valence-electron chi connectivity index (χ1n) is 6.71. The van der Waals surface area contributed by atoms with Gasteiger partial charge in [0.1, 0.15) is 0 Å². The molecule has 0 amide bonds. The van der Waals surface area contributed by atoms with Crippen molar-refractivity contribution in [2.75, 3.05) is 6.61 Å². The Kier molecular flexibility index (Phi) is 3.78. The Labute approximate surface area is 129 Å². The molecule has 110 valence electrons. The summed E-state index contributed by atoms with van der Waals surface area (Å²) in [6, 6.07) is 15.7. The lowest BCUT2D eigenvalue weighted by Crippen LogP contribution is -2.11. The van der Waals surface area contributed by atoms with E-state index in [-0.39, 0.29) is 23.3 Å². The van der Waals surface area contributed by atoms with E-state index >= 15 is 0 Å². The lowest BCUT2D eigenvalue weighted by Gasteiger charge is -2.04. The number of benzene rings is 2. The van der Waals surface area contributed by atoms with Crippen molar-refractivity contribution >= 4 is 21.4 Å². The van der Waals surface area contributed by atoms with Gasteiger partial charge < -0.3 is 5.11 Å². The van der Waals surface area contributed by atoms with Gasteiger partial charge in [0, 0.05) is 23.5 Å². The van der Waals surface area contributed by atoms with Crippen LogP contribution in [0, 0.1) is 5.92 Å². The van der Waals surface area contributed by atoms with E-state index in [0.717, 1.165) is 5.56 Å². The molecule has 0 aliphatic heterocycles. The average Bonchev–Trinajstić information content (AvgIpc) is 3.24.